The van der Waals surface area contributed by atoms with Gasteiger partial charge in [-0.25, -0.2) is 4.79 Å². The van der Waals surface area contributed by atoms with E-state index in [-0.39, 0.29) is 37.0 Å². The zero-order valence-corrected chi connectivity index (χ0v) is 11.1. The Morgan fingerprint density at radius 3 is 2.71 bits per heavy atom. The van der Waals surface area contributed by atoms with Gasteiger partial charge in [0, 0.05) is 12.6 Å². The molecule has 0 saturated carbocycles. The fourth-order valence-electron chi connectivity index (χ4n) is 1.44. The number of hydrogen-bond donors (Lipinski definition) is 3. The van der Waals surface area contributed by atoms with Crippen LogP contribution in [-0.2, 0) is 14.3 Å². The number of nitro benzene ring substituents is 1. The number of ether oxygens (including phenoxy) is 1. The molecule has 1 rings (SSSR count). The number of anilines is 1. The number of carboxylic acid groups (broad SMARTS) is 1. The van der Waals surface area contributed by atoms with Crippen molar-refractivity contribution < 1.29 is 24.4 Å². The lowest BCUT2D eigenvalue weighted by Crippen LogP contribution is -2.32. The van der Waals surface area contributed by atoms with Gasteiger partial charge in [0.25, 0.3) is 5.69 Å². The zero-order chi connectivity index (χ0) is 15.7. The fraction of sp³-hybridized carbons (Fsp3) is 0.333. The third-order valence-electron chi connectivity index (χ3n) is 2.33. The molecule has 0 atom stereocenters. The summed E-state index contributed by atoms with van der Waals surface area (Å²) < 4.78 is 4.73. The first-order valence-electron chi connectivity index (χ1n) is 6.04. The van der Waals surface area contributed by atoms with E-state index in [9.17, 15) is 19.7 Å². The molecule has 0 aromatic heterocycles. The molecule has 114 valence electrons. The number of aliphatic carboxylic acids is 1. The summed E-state index contributed by atoms with van der Waals surface area (Å²) in [5.74, 6) is -1.47. The van der Waals surface area contributed by atoms with E-state index >= 15 is 0 Å². The van der Waals surface area contributed by atoms with Crippen LogP contribution in [0.3, 0.4) is 0 Å². The van der Waals surface area contributed by atoms with Gasteiger partial charge in [0.15, 0.2) is 0 Å². The van der Waals surface area contributed by atoms with Gasteiger partial charge >= 0.3 is 5.97 Å². The molecule has 1 amide bonds. The Labute approximate surface area is 120 Å². The second-order valence-electron chi connectivity index (χ2n) is 3.92. The number of benzene rings is 1. The van der Waals surface area contributed by atoms with Gasteiger partial charge in [0.2, 0.25) is 5.91 Å². The summed E-state index contributed by atoms with van der Waals surface area (Å²) in [5.41, 5.74) is 0.134. The lowest BCUT2D eigenvalue weighted by Gasteiger charge is -2.08. The number of para-hydroxylation sites is 2. The van der Waals surface area contributed by atoms with Crippen molar-refractivity contribution in [3.63, 3.8) is 0 Å². The number of rotatable bonds is 9. The van der Waals surface area contributed by atoms with Crippen molar-refractivity contribution in [1.29, 1.82) is 0 Å². The van der Waals surface area contributed by atoms with Crippen LogP contribution in [0.25, 0.3) is 0 Å². The van der Waals surface area contributed by atoms with Crippen molar-refractivity contribution in [2.75, 3.05) is 31.6 Å². The van der Waals surface area contributed by atoms with Crippen LogP contribution in [0.1, 0.15) is 0 Å². The summed E-state index contributed by atoms with van der Waals surface area (Å²) in [6, 6.07) is 5.98. The monoisotopic (exact) mass is 297 g/mol. The minimum absolute atomic E-state index is 0.0729. The van der Waals surface area contributed by atoms with Gasteiger partial charge in [-0.1, -0.05) is 12.1 Å². The van der Waals surface area contributed by atoms with E-state index in [1.54, 1.807) is 6.07 Å². The highest BCUT2D eigenvalue weighted by molar-refractivity contribution is 5.81. The lowest BCUT2D eigenvalue weighted by molar-refractivity contribution is -0.383. The summed E-state index contributed by atoms with van der Waals surface area (Å²) in [5, 5.41) is 24.2. The first kappa shape index (κ1) is 16.4. The number of nitro groups is 1. The maximum Gasteiger partial charge on any atom is 0.329 e. The van der Waals surface area contributed by atoms with E-state index in [1.165, 1.54) is 18.2 Å². The van der Waals surface area contributed by atoms with Crippen LogP contribution < -0.4 is 10.6 Å². The molecule has 0 aliphatic rings. The lowest BCUT2D eigenvalue weighted by atomic mass is 10.2. The van der Waals surface area contributed by atoms with Crippen LogP contribution in [0.2, 0.25) is 0 Å². The summed E-state index contributed by atoms with van der Waals surface area (Å²) in [6.45, 7) is -0.331. The summed E-state index contributed by atoms with van der Waals surface area (Å²) >= 11 is 0. The van der Waals surface area contributed by atoms with E-state index in [0.29, 0.717) is 0 Å². The minimum Gasteiger partial charge on any atom is -0.480 e. The highest BCUT2D eigenvalue weighted by atomic mass is 16.6. The summed E-state index contributed by atoms with van der Waals surface area (Å²) in [7, 11) is 0. The average molecular weight is 297 g/mol. The molecule has 1 aromatic carbocycles. The standard InChI is InChI=1S/C12H15N3O6/c16-11(13-5-6-21-8-12(17)18)7-14-9-3-1-2-4-10(9)15(19)20/h1-4,14H,5-8H2,(H,13,16)(H,17,18). The molecule has 0 radical (unpaired) electrons. The normalized spacial score (nSPS) is 9.90. The van der Waals surface area contributed by atoms with Gasteiger partial charge in [0.1, 0.15) is 12.3 Å². The molecular formula is C12H15N3O6. The molecule has 0 unspecified atom stereocenters. The first-order valence-corrected chi connectivity index (χ1v) is 6.04. The molecule has 1 aromatic rings. The van der Waals surface area contributed by atoms with Crippen molar-refractivity contribution in [1.82, 2.24) is 5.32 Å². The fourth-order valence-corrected chi connectivity index (χ4v) is 1.44. The predicted molar refractivity (Wildman–Crippen MR) is 73.1 cm³/mol. The van der Waals surface area contributed by atoms with E-state index in [0.717, 1.165) is 0 Å². The van der Waals surface area contributed by atoms with Gasteiger partial charge in [0.05, 0.1) is 18.1 Å². The number of nitrogens with one attached hydrogen (secondary N) is 2. The Balaban J connectivity index is 2.30. The third kappa shape index (κ3) is 6.34. The van der Waals surface area contributed by atoms with Crippen molar-refractivity contribution in [2.24, 2.45) is 0 Å². The molecule has 9 nitrogen and oxygen atoms in total. The molecule has 0 heterocycles. The minimum atomic E-state index is -1.08. The van der Waals surface area contributed by atoms with Crippen molar-refractivity contribution in [2.45, 2.75) is 0 Å². The molecule has 0 fully saturated rings. The first-order chi connectivity index (χ1) is 10.0. The second kappa shape index (κ2) is 8.48. The highest BCUT2D eigenvalue weighted by Crippen LogP contribution is 2.22. The van der Waals surface area contributed by atoms with E-state index < -0.39 is 17.5 Å². The Bertz CT molecular complexity index is 519. The highest BCUT2D eigenvalue weighted by Gasteiger charge is 2.12. The molecule has 0 aliphatic carbocycles. The number of carbonyl (C=O) groups excluding carboxylic acids is 1. The number of nitrogens with zero attached hydrogens (tertiary/aromatic N) is 1. The van der Waals surface area contributed by atoms with Crippen LogP contribution in [-0.4, -0.2) is 48.2 Å². The Morgan fingerprint density at radius 2 is 2.05 bits per heavy atom. The summed E-state index contributed by atoms with van der Waals surface area (Å²) in [4.78, 5) is 31.9. The number of hydrogen-bond acceptors (Lipinski definition) is 6. The predicted octanol–water partition coefficient (Wildman–Crippen LogP) is 0.224. The zero-order valence-electron chi connectivity index (χ0n) is 11.1. The van der Waals surface area contributed by atoms with Gasteiger partial charge < -0.3 is 20.5 Å². The molecule has 0 bridgehead atoms. The van der Waals surface area contributed by atoms with Crippen LogP contribution in [0.5, 0.6) is 0 Å². The number of amides is 1. The van der Waals surface area contributed by atoms with E-state index in [2.05, 4.69) is 10.6 Å². The van der Waals surface area contributed by atoms with E-state index in [1.807, 2.05) is 0 Å². The van der Waals surface area contributed by atoms with Gasteiger partial charge in [-0.15, -0.1) is 0 Å². The van der Waals surface area contributed by atoms with Crippen LogP contribution in [0, 0.1) is 10.1 Å². The molecule has 3 N–H and O–H groups in total. The van der Waals surface area contributed by atoms with Gasteiger partial charge in [-0.05, 0) is 6.07 Å². The molecule has 0 saturated heterocycles. The van der Waals surface area contributed by atoms with Gasteiger partial charge in [-0.3, -0.25) is 14.9 Å². The van der Waals surface area contributed by atoms with E-state index in [4.69, 9.17) is 9.84 Å². The molecule has 0 aliphatic heterocycles. The van der Waals surface area contributed by atoms with Crippen molar-refractivity contribution in [3.8, 4) is 0 Å². The molecular weight excluding hydrogens is 282 g/mol. The molecule has 0 spiro atoms. The molecule has 21 heavy (non-hydrogen) atoms. The van der Waals surface area contributed by atoms with Crippen LogP contribution >= 0.6 is 0 Å². The van der Waals surface area contributed by atoms with Crippen LogP contribution in [0.4, 0.5) is 11.4 Å². The quantitative estimate of drug-likeness (QED) is 0.337. The maximum atomic E-state index is 11.5. The second-order valence-corrected chi connectivity index (χ2v) is 3.92. The largest absolute Gasteiger partial charge is 0.480 e. The SMILES string of the molecule is O=C(O)COCCNC(=O)CNc1ccccc1[N+](=O)[O-]. The Morgan fingerprint density at radius 1 is 1.33 bits per heavy atom. The number of carboxylic acids is 1. The van der Waals surface area contributed by atoms with Crippen LogP contribution in [0.15, 0.2) is 24.3 Å². The molecule has 9 heteroatoms. The smallest absolute Gasteiger partial charge is 0.329 e. The Kier molecular flexibility index (Phi) is 6.61. The maximum absolute atomic E-state index is 11.5. The van der Waals surface area contributed by atoms with Crippen molar-refractivity contribution in [3.05, 3.63) is 34.4 Å². The topological polar surface area (TPSA) is 131 Å². The third-order valence-corrected chi connectivity index (χ3v) is 2.33. The Hall–Kier alpha value is -2.68. The number of carbonyl (C=O) groups is 2. The van der Waals surface area contributed by atoms with Gasteiger partial charge in [-0.2, -0.15) is 0 Å². The summed E-state index contributed by atoms with van der Waals surface area (Å²) in [6.07, 6.45) is 0. The van der Waals surface area contributed by atoms with Crippen molar-refractivity contribution >= 4 is 23.3 Å². The average Bonchev–Trinajstić information content (AvgIpc) is 2.44.